The molecule has 2 aliphatic heterocycles. The van der Waals surface area contributed by atoms with Crippen LogP contribution in [0.5, 0.6) is 5.75 Å². The fourth-order valence-electron chi connectivity index (χ4n) is 3.45. The van der Waals surface area contributed by atoms with Crippen LogP contribution in [0.4, 0.5) is 11.4 Å². The fourth-order valence-corrected chi connectivity index (χ4v) is 4.01. The predicted molar refractivity (Wildman–Crippen MR) is 121 cm³/mol. The molecular formula is C22H21N3O7S. The Kier molecular flexibility index (Phi) is 6.18. The summed E-state index contributed by atoms with van der Waals surface area (Å²) in [6.45, 7) is 2.51. The molecule has 172 valence electrons. The molecule has 0 spiro atoms. The number of carbonyl (C=O) groups is 1. The largest absolute Gasteiger partial charge is 0.439 e. The van der Waals surface area contributed by atoms with E-state index in [2.05, 4.69) is 14.8 Å². The van der Waals surface area contributed by atoms with Crippen LogP contribution < -0.4 is 14.4 Å². The van der Waals surface area contributed by atoms with Crippen LogP contribution in [0.3, 0.4) is 0 Å². The number of benzene rings is 2. The molecule has 0 aromatic heterocycles. The van der Waals surface area contributed by atoms with Crippen LogP contribution in [0.25, 0.3) is 0 Å². The number of oxime groups is 1. The quantitative estimate of drug-likeness (QED) is 0.273. The molecular weight excluding hydrogens is 450 g/mol. The molecule has 0 bridgehead atoms. The molecule has 11 heteroatoms. The van der Waals surface area contributed by atoms with Gasteiger partial charge in [0.25, 0.3) is 0 Å². The van der Waals surface area contributed by atoms with Crippen molar-refractivity contribution in [3.05, 3.63) is 77.2 Å². The molecule has 2 N–H and O–H groups in total. The van der Waals surface area contributed by atoms with Crippen molar-refractivity contribution in [2.24, 2.45) is 5.16 Å². The number of nitrogens with zero attached hydrogens (tertiary/aromatic N) is 2. The van der Waals surface area contributed by atoms with Gasteiger partial charge in [-0.25, -0.2) is 18.1 Å². The van der Waals surface area contributed by atoms with Gasteiger partial charge in [0.1, 0.15) is 12.3 Å². The molecule has 0 fully saturated rings. The third-order valence-electron chi connectivity index (χ3n) is 4.90. The number of fused-ring (bicyclic) bond motifs is 1. The van der Waals surface area contributed by atoms with Crippen molar-refractivity contribution in [3.8, 4) is 5.75 Å². The van der Waals surface area contributed by atoms with Crippen molar-refractivity contribution >= 4 is 33.1 Å². The van der Waals surface area contributed by atoms with Gasteiger partial charge in [0, 0.05) is 12.1 Å². The van der Waals surface area contributed by atoms with E-state index >= 15 is 0 Å². The van der Waals surface area contributed by atoms with E-state index in [1.165, 1.54) is 0 Å². The summed E-state index contributed by atoms with van der Waals surface area (Å²) in [6, 6.07) is 11.9. The lowest BCUT2D eigenvalue weighted by atomic mass is 10.0. The minimum Gasteiger partial charge on any atom is -0.439 e. The van der Waals surface area contributed by atoms with E-state index in [0.717, 1.165) is 11.8 Å². The van der Waals surface area contributed by atoms with E-state index in [1.54, 1.807) is 54.6 Å². The number of nitrogens with one attached hydrogen (secondary N) is 1. The van der Waals surface area contributed by atoms with Gasteiger partial charge in [0.15, 0.2) is 5.75 Å². The maximum absolute atomic E-state index is 12.3. The second-order valence-corrected chi connectivity index (χ2v) is 9.03. The molecule has 2 aromatic carbocycles. The first kappa shape index (κ1) is 22.5. The Morgan fingerprint density at radius 1 is 1.18 bits per heavy atom. The highest BCUT2D eigenvalue weighted by Gasteiger charge is 2.28. The second-order valence-electron chi connectivity index (χ2n) is 7.28. The lowest BCUT2D eigenvalue weighted by Crippen LogP contribution is -2.19. The summed E-state index contributed by atoms with van der Waals surface area (Å²) in [5.74, 6) is 0.430. The normalized spacial score (nSPS) is 17.7. The Hall–Kier alpha value is -3.67. The van der Waals surface area contributed by atoms with Gasteiger partial charge in [-0.3, -0.25) is 9.98 Å². The highest BCUT2D eigenvalue weighted by molar-refractivity contribution is 7.92. The molecule has 0 saturated heterocycles. The molecule has 10 nitrogen and oxygen atoms in total. The summed E-state index contributed by atoms with van der Waals surface area (Å²) in [5.41, 5.74) is 3.14. The number of carbonyl (C=O) groups excluding carboxylic acids is 1. The number of allylic oxidation sites excluding steroid dienone is 2. The van der Waals surface area contributed by atoms with Crippen LogP contribution in [0.15, 0.2) is 71.2 Å². The third kappa shape index (κ3) is 4.90. The molecule has 2 aromatic rings. The van der Waals surface area contributed by atoms with E-state index in [9.17, 15) is 13.2 Å². The van der Waals surface area contributed by atoms with Crippen LogP contribution >= 0.6 is 0 Å². The van der Waals surface area contributed by atoms with Gasteiger partial charge < -0.3 is 14.5 Å². The molecule has 4 rings (SSSR count). The Balaban J connectivity index is 1.61. The van der Waals surface area contributed by atoms with Crippen LogP contribution in [0, 0.1) is 0 Å². The summed E-state index contributed by atoms with van der Waals surface area (Å²) in [6.07, 6.45) is 4.29. The minimum absolute atomic E-state index is 0.0448. The van der Waals surface area contributed by atoms with Crippen LogP contribution in [0.2, 0.25) is 0 Å². The molecule has 0 amide bonds. The average Bonchev–Trinajstić information content (AvgIpc) is 3.31. The number of sulfonamides is 1. The fraction of sp³-hybridized carbons (Fsp3) is 0.182. The predicted octanol–water partition coefficient (Wildman–Crippen LogP) is 3.00. The molecule has 0 atom stereocenters. The number of hydrogen-bond acceptors (Lipinski definition) is 9. The van der Waals surface area contributed by atoms with E-state index in [0.29, 0.717) is 40.8 Å². The van der Waals surface area contributed by atoms with Gasteiger partial charge in [0.05, 0.1) is 23.2 Å². The highest BCUT2D eigenvalue weighted by Crippen LogP contribution is 2.40. The van der Waals surface area contributed by atoms with Gasteiger partial charge in [-0.15, -0.1) is 0 Å². The van der Waals surface area contributed by atoms with Crippen LogP contribution in [-0.2, 0) is 31.1 Å². The summed E-state index contributed by atoms with van der Waals surface area (Å²) in [4.78, 5) is 23.1. The summed E-state index contributed by atoms with van der Waals surface area (Å²) in [7, 11) is -3.42. The molecule has 0 saturated carbocycles. The molecule has 0 aliphatic carbocycles. The lowest BCUT2D eigenvalue weighted by molar-refractivity contribution is -0.253. The average molecular weight is 471 g/mol. The van der Waals surface area contributed by atoms with Gasteiger partial charge in [-0.2, -0.15) is 0 Å². The SMILES string of the molecule is CCN1C(=C/C=C2\C(=O)ON=C2c2ccc(COO)cc2)Oc2ccc(NS(C)(=O)=O)cc21. The van der Waals surface area contributed by atoms with Gasteiger partial charge >= 0.3 is 5.97 Å². The number of ether oxygens (including phenoxy) is 1. The van der Waals surface area contributed by atoms with Crippen LogP contribution in [-0.4, -0.2) is 38.2 Å². The minimum atomic E-state index is -3.42. The molecule has 0 radical (unpaired) electrons. The summed E-state index contributed by atoms with van der Waals surface area (Å²) >= 11 is 0. The monoisotopic (exact) mass is 471 g/mol. The number of anilines is 2. The second kappa shape index (κ2) is 9.06. The maximum atomic E-state index is 12.3. The molecule has 2 heterocycles. The van der Waals surface area contributed by atoms with E-state index in [-0.39, 0.29) is 12.2 Å². The van der Waals surface area contributed by atoms with E-state index in [4.69, 9.17) is 14.8 Å². The first-order chi connectivity index (χ1) is 15.8. The third-order valence-corrected chi connectivity index (χ3v) is 5.50. The maximum Gasteiger partial charge on any atom is 0.368 e. The first-order valence-electron chi connectivity index (χ1n) is 9.93. The van der Waals surface area contributed by atoms with Gasteiger partial charge in [-0.1, -0.05) is 29.4 Å². The van der Waals surface area contributed by atoms with Crippen molar-refractivity contribution in [1.82, 2.24) is 0 Å². The van der Waals surface area contributed by atoms with Crippen LogP contribution in [0.1, 0.15) is 18.1 Å². The summed E-state index contributed by atoms with van der Waals surface area (Å²) in [5, 5.41) is 12.5. The topological polar surface area (TPSA) is 127 Å². The van der Waals surface area contributed by atoms with Gasteiger partial charge in [0.2, 0.25) is 15.9 Å². The van der Waals surface area contributed by atoms with Crippen molar-refractivity contribution in [2.75, 3.05) is 22.4 Å². The number of rotatable bonds is 7. The Morgan fingerprint density at radius 2 is 1.94 bits per heavy atom. The van der Waals surface area contributed by atoms with Crippen molar-refractivity contribution in [3.63, 3.8) is 0 Å². The van der Waals surface area contributed by atoms with E-state index < -0.39 is 16.0 Å². The van der Waals surface area contributed by atoms with Crippen molar-refractivity contribution in [2.45, 2.75) is 13.5 Å². The molecule has 0 unspecified atom stereocenters. The van der Waals surface area contributed by atoms with E-state index in [1.807, 2.05) is 11.8 Å². The Morgan fingerprint density at radius 3 is 2.61 bits per heavy atom. The zero-order valence-electron chi connectivity index (χ0n) is 17.8. The zero-order valence-corrected chi connectivity index (χ0v) is 18.6. The van der Waals surface area contributed by atoms with Crippen molar-refractivity contribution < 1.29 is 32.9 Å². The number of hydrogen-bond donors (Lipinski definition) is 2. The Bertz CT molecular complexity index is 1280. The smallest absolute Gasteiger partial charge is 0.368 e. The molecule has 33 heavy (non-hydrogen) atoms. The summed E-state index contributed by atoms with van der Waals surface area (Å²) < 4.78 is 31.5. The molecule has 2 aliphatic rings. The van der Waals surface area contributed by atoms with Crippen molar-refractivity contribution in [1.29, 1.82) is 0 Å². The lowest BCUT2D eigenvalue weighted by Gasteiger charge is -2.16. The van der Waals surface area contributed by atoms with Gasteiger partial charge in [-0.05, 0) is 42.8 Å². The Labute approximate surface area is 190 Å². The highest BCUT2D eigenvalue weighted by atomic mass is 32.2. The first-order valence-corrected chi connectivity index (χ1v) is 11.8. The standard InChI is InChI=1S/C22H21N3O7S/c1-3-25-18-12-16(24-33(2,28)29)8-10-19(18)31-20(25)11-9-17-21(23-32-22(17)26)15-6-4-14(5-7-15)13-30-27/h4-12,24,27H,3,13H2,1-2H3/b17-9-,20-11?. The zero-order chi connectivity index (χ0) is 23.6.